The summed E-state index contributed by atoms with van der Waals surface area (Å²) in [4.78, 5) is 27.4. The van der Waals surface area contributed by atoms with E-state index in [1.807, 2.05) is 48.7 Å². The Morgan fingerprint density at radius 3 is 2.57 bits per heavy atom. The van der Waals surface area contributed by atoms with Gasteiger partial charge < -0.3 is 10.0 Å². The van der Waals surface area contributed by atoms with E-state index in [4.69, 9.17) is 4.98 Å². The monoisotopic (exact) mass is 392 g/mol. The van der Waals surface area contributed by atoms with Gasteiger partial charge in [0, 0.05) is 31.8 Å². The molecule has 2 aromatic heterocycles. The van der Waals surface area contributed by atoms with E-state index in [2.05, 4.69) is 9.97 Å². The van der Waals surface area contributed by atoms with Crippen molar-refractivity contribution >= 4 is 17.7 Å². The maximum Gasteiger partial charge on any atom is 0.258 e. The SMILES string of the molecule is CSc1nccc(-c2cccc(-c3cccc(C4(O)CCN(C)C4=O)c3)n2)n1. The van der Waals surface area contributed by atoms with Crippen molar-refractivity contribution in [1.29, 1.82) is 0 Å². The lowest BCUT2D eigenvalue weighted by atomic mass is 9.90. The summed E-state index contributed by atoms with van der Waals surface area (Å²) in [5.74, 6) is -0.267. The zero-order valence-corrected chi connectivity index (χ0v) is 16.5. The summed E-state index contributed by atoms with van der Waals surface area (Å²) in [6.45, 7) is 0.540. The van der Waals surface area contributed by atoms with Crippen LogP contribution in [0.5, 0.6) is 0 Å². The molecule has 1 saturated heterocycles. The standard InChI is InChI=1S/C21H20N4O2S/c1-25-12-10-21(27,19(25)26)15-6-3-5-14(13-15)16-7-4-8-17(23-16)18-9-11-22-20(24-18)28-2/h3-9,11,13,27H,10,12H2,1-2H3. The van der Waals surface area contributed by atoms with Crippen molar-refractivity contribution in [1.82, 2.24) is 19.9 Å². The van der Waals surface area contributed by atoms with Gasteiger partial charge in [0.2, 0.25) is 0 Å². The first-order valence-electron chi connectivity index (χ1n) is 8.94. The third kappa shape index (κ3) is 3.27. The summed E-state index contributed by atoms with van der Waals surface area (Å²) in [6, 6.07) is 15.0. The van der Waals surface area contributed by atoms with Gasteiger partial charge in [-0.3, -0.25) is 4.79 Å². The fourth-order valence-electron chi connectivity index (χ4n) is 3.38. The number of aromatic nitrogens is 3. The molecule has 0 radical (unpaired) electrons. The second-order valence-electron chi connectivity index (χ2n) is 6.75. The van der Waals surface area contributed by atoms with Crippen molar-refractivity contribution in [3.63, 3.8) is 0 Å². The van der Waals surface area contributed by atoms with Crippen molar-refractivity contribution in [3.05, 3.63) is 60.3 Å². The molecule has 0 bridgehead atoms. The number of carbonyl (C=O) groups is 1. The maximum atomic E-state index is 12.4. The maximum absolute atomic E-state index is 12.4. The van der Waals surface area contributed by atoms with E-state index in [-0.39, 0.29) is 5.91 Å². The molecule has 6 nitrogen and oxygen atoms in total. The molecule has 1 N–H and O–H groups in total. The number of benzene rings is 1. The smallest absolute Gasteiger partial charge is 0.258 e. The number of amides is 1. The molecule has 1 amide bonds. The predicted molar refractivity (Wildman–Crippen MR) is 109 cm³/mol. The second-order valence-corrected chi connectivity index (χ2v) is 7.53. The molecular weight excluding hydrogens is 372 g/mol. The highest BCUT2D eigenvalue weighted by atomic mass is 32.2. The first-order valence-corrected chi connectivity index (χ1v) is 10.2. The minimum atomic E-state index is -1.47. The van der Waals surface area contributed by atoms with Crippen LogP contribution in [0.4, 0.5) is 0 Å². The van der Waals surface area contributed by atoms with Crippen LogP contribution in [0.3, 0.4) is 0 Å². The van der Waals surface area contributed by atoms with Crippen molar-refractivity contribution in [2.45, 2.75) is 17.2 Å². The van der Waals surface area contributed by atoms with Crippen molar-refractivity contribution in [2.75, 3.05) is 19.8 Å². The summed E-state index contributed by atoms with van der Waals surface area (Å²) >= 11 is 1.48. The summed E-state index contributed by atoms with van der Waals surface area (Å²) in [5.41, 5.74) is 2.22. The van der Waals surface area contributed by atoms with Crippen LogP contribution in [0.15, 0.2) is 59.9 Å². The van der Waals surface area contributed by atoms with Crippen LogP contribution in [-0.4, -0.2) is 50.7 Å². The van der Waals surface area contributed by atoms with E-state index in [0.29, 0.717) is 23.7 Å². The first-order chi connectivity index (χ1) is 13.5. The highest BCUT2D eigenvalue weighted by Crippen LogP contribution is 2.34. The molecular formula is C21H20N4O2S. The van der Waals surface area contributed by atoms with E-state index < -0.39 is 5.60 Å². The number of likely N-dealkylation sites (N-methyl/N-ethyl adjacent to an activating group) is 1. The Morgan fingerprint density at radius 2 is 1.82 bits per heavy atom. The number of aliphatic hydroxyl groups is 1. The topological polar surface area (TPSA) is 79.2 Å². The largest absolute Gasteiger partial charge is 0.375 e. The fraction of sp³-hybridized carbons (Fsp3) is 0.238. The summed E-state index contributed by atoms with van der Waals surface area (Å²) in [6.07, 6.45) is 4.04. The van der Waals surface area contributed by atoms with Gasteiger partial charge in [-0.1, -0.05) is 36.0 Å². The third-order valence-corrected chi connectivity index (χ3v) is 5.53. The number of hydrogen-bond acceptors (Lipinski definition) is 6. The Hall–Kier alpha value is -2.77. The molecule has 1 fully saturated rings. The average Bonchev–Trinajstić information content (AvgIpc) is 3.02. The van der Waals surface area contributed by atoms with Crippen LogP contribution < -0.4 is 0 Å². The van der Waals surface area contributed by atoms with Gasteiger partial charge in [-0.2, -0.15) is 0 Å². The molecule has 7 heteroatoms. The molecule has 1 aromatic carbocycles. The van der Waals surface area contributed by atoms with Crippen LogP contribution in [0, 0.1) is 0 Å². The molecule has 0 aliphatic carbocycles. The van der Waals surface area contributed by atoms with Gasteiger partial charge in [-0.05, 0) is 36.1 Å². The highest BCUT2D eigenvalue weighted by molar-refractivity contribution is 7.98. The van der Waals surface area contributed by atoms with E-state index in [1.165, 1.54) is 11.8 Å². The molecule has 1 atom stereocenters. The number of thioether (sulfide) groups is 1. The van der Waals surface area contributed by atoms with Crippen LogP contribution in [0.1, 0.15) is 12.0 Å². The number of hydrogen-bond donors (Lipinski definition) is 1. The first kappa shape index (κ1) is 18.6. The Kier molecular flexibility index (Phi) is 4.87. The predicted octanol–water partition coefficient (Wildman–Crippen LogP) is 2.98. The zero-order valence-electron chi connectivity index (χ0n) is 15.7. The third-order valence-electron chi connectivity index (χ3n) is 4.97. The van der Waals surface area contributed by atoms with Gasteiger partial charge in [0.05, 0.1) is 17.1 Å². The molecule has 3 heterocycles. The van der Waals surface area contributed by atoms with E-state index >= 15 is 0 Å². The molecule has 1 aliphatic heterocycles. The van der Waals surface area contributed by atoms with Gasteiger partial charge in [0.15, 0.2) is 10.8 Å². The lowest BCUT2D eigenvalue weighted by molar-refractivity contribution is -0.143. The van der Waals surface area contributed by atoms with Gasteiger partial charge in [-0.15, -0.1) is 0 Å². The van der Waals surface area contributed by atoms with Crippen LogP contribution >= 0.6 is 11.8 Å². The molecule has 1 aliphatic rings. The lowest BCUT2D eigenvalue weighted by Crippen LogP contribution is -2.36. The molecule has 1 unspecified atom stereocenters. The number of likely N-dealkylation sites (tertiary alicyclic amines) is 1. The number of nitrogens with zero attached hydrogens (tertiary/aromatic N) is 4. The Bertz CT molecular complexity index is 1040. The molecule has 4 rings (SSSR count). The molecule has 142 valence electrons. The van der Waals surface area contributed by atoms with Gasteiger partial charge >= 0.3 is 0 Å². The van der Waals surface area contributed by atoms with Gasteiger partial charge in [0.25, 0.3) is 5.91 Å². The van der Waals surface area contributed by atoms with Gasteiger partial charge in [0.1, 0.15) is 0 Å². The van der Waals surface area contributed by atoms with Gasteiger partial charge in [-0.25, -0.2) is 15.0 Å². The molecule has 3 aromatic rings. The zero-order chi connectivity index (χ0) is 19.7. The normalized spacial score (nSPS) is 19.2. The van der Waals surface area contributed by atoms with Crippen molar-refractivity contribution in [3.8, 4) is 22.6 Å². The van der Waals surface area contributed by atoms with E-state index in [9.17, 15) is 9.90 Å². The summed E-state index contributed by atoms with van der Waals surface area (Å²) < 4.78 is 0. The lowest BCUT2D eigenvalue weighted by Gasteiger charge is -2.21. The summed E-state index contributed by atoms with van der Waals surface area (Å²) in [5, 5.41) is 11.6. The Morgan fingerprint density at radius 1 is 1.07 bits per heavy atom. The Labute approximate surface area is 167 Å². The van der Waals surface area contributed by atoms with Crippen molar-refractivity contribution < 1.29 is 9.90 Å². The summed E-state index contributed by atoms with van der Waals surface area (Å²) in [7, 11) is 1.71. The number of rotatable bonds is 4. The van der Waals surface area contributed by atoms with Crippen LogP contribution in [0.2, 0.25) is 0 Å². The Balaban J connectivity index is 1.72. The van der Waals surface area contributed by atoms with Crippen LogP contribution in [0.25, 0.3) is 22.6 Å². The minimum absolute atomic E-state index is 0.267. The van der Waals surface area contributed by atoms with E-state index in [0.717, 1.165) is 22.6 Å². The second kappa shape index (κ2) is 7.33. The highest BCUT2D eigenvalue weighted by Gasteiger charge is 2.45. The van der Waals surface area contributed by atoms with Crippen LogP contribution in [-0.2, 0) is 10.4 Å². The quantitative estimate of drug-likeness (QED) is 0.543. The minimum Gasteiger partial charge on any atom is -0.375 e. The van der Waals surface area contributed by atoms with E-state index in [1.54, 1.807) is 24.2 Å². The van der Waals surface area contributed by atoms with Crippen molar-refractivity contribution in [2.24, 2.45) is 0 Å². The molecule has 0 spiro atoms. The number of carbonyl (C=O) groups excluding carboxylic acids is 1. The fourth-order valence-corrected chi connectivity index (χ4v) is 3.73. The molecule has 28 heavy (non-hydrogen) atoms. The number of pyridine rings is 1. The molecule has 0 saturated carbocycles. The average molecular weight is 392 g/mol.